The summed E-state index contributed by atoms with van der Waals surface area (Å²) in [7, 11) is -3.28. The number of hydrogen-bond acceptors (Lipinski definition) is 4. The SMILES string of the molecule is C[C@@]1(CO[C@H]2CC[C@@H](c3ccccc3)CC2)CN(Cc2ccccc2)CCC1NS(C)(=O)=O. The zero-order valence-corrected chi connectivity index (χ0v) is 20.8. The Morgan fingerprint density at radius 2 is 1.61 bits per heavy atom. The van der Waals surface area contributed by atoms with Gasteiger partial charge in [-0.2, -0.15) is 0 Å². The number of piperidine rings is 1. The molecule has 1 aliphatic carbocycles. The van der Waals surface area contributed by atoms with Gasteiger partial charge in [-0.15, -0.1) is 0 Å². The van der Waals surface area contributed by atoms with E-state index in [2.05, 4.69) is 71.1 Å². The molecule has 180 valence electrons. The first-order valence-corrected chi connectivity index (χ1v) is 14.1. The van der Waals surface area contributed by atoms with Gasteiger partial charge in [-0.3, -0.25) is 4.90 Å². The molecule has 1 heterocycles. The molecule has 2 aliphatic rings. The second kappa shape index (κ2) is 10.7. The van der Waals surface area contributed by atoms with Gasteiger partial charge in [0.15, 0.2) is 0 Å². The van der Waals surface area contributed by atoms with Gasteiger partial charge >= 0.3 is 0 Å². The van der Waals surface area contributed by atoms with Crippen molar-refractivity contribution in [1.29, 1.82) is 0 Å². The van der Waals surface area contributed by atoms with E-state index < -0.39 is 10.0 Å². The molecule has 1 aliphatic heterocycles. The average Bonchev–Trinajstić information content (AvgIpc) is 2.81. The minimum absolute atomic E-state index is 0.111. The number of nitrogens with zero attached hydrogens (tertiary/aromatic N) is 1. The Labute approximate surface area is 199 Å². The van der Waals surface area contributed by atoms with Gasteiger partial charge in [-0.05, 0) is 49.1 Å². The molecule has 1 N–H and O–H groups in total. The predicted octanol–water partition coefficient (Wildman–Crippen LogP) is 4.56. The largest absolute Gasteiger partial charge is 0.378 e. The molecule has 33 heavy (non-hydrogen) atoms. The third kappa shape index (κ3) is 6.89. The van der Waals surface area contributed by atoms with Crippen LogP contribution in [-0.2, 0) is 21.3 Å². The van der Waals surface area contributed by atoms with E-state index >= 15 is 0 Å². The topological polar surface area (TPSA) is 58.6 Å². The maximum atomic E-state index is 12.1. The summed E-state index contributed by atoms with van der Waals surface area (Å²) in [4.78, 5) is 2.44. The minimum atomic E-state index is -3.28. The highest BCUT2D eigenvalue weighted by Crippen LogP contribution is 2.36. The highest BCUT2D eigenvalue weighted by Gasteiger charge is 2.42. The highest BCUT2D eigenvalue weighted by atomic mass is 32.2. The standard InChI is InChI=1S/C27H38N2O3S/c1-27(21-32-25-15-13-24(14-16-25)23-11-7-4-8-12-23)20-29(19-22-9-5-3-6-10-22)18-17-26(27)28-33(2,30)31/h3-12,24-26,28H,13-21H2,1-2H3/t24-,25+,26?,27-/m0/s1. The zero-order valence-electron chi connectivity index (χ0n) is 19.9. The van der Waals surface area contributed by atoms with Crippen molar-refractivity contribution in [2.75, 3.05) is 26.0 Å². The van der Waals surface area contributed by atoms with Crippen LogP contribution in [0.25, 0.3) is 0 Å². The summed E-state index contributed by atoms with van der Waals surface area (Å²) in [6.45, 7) is 5.33. The summed E-state index contributed by atoms with van der Waals surface area (Å²) < 4.78 is 33.5. The second-order valence-electron chi connectivity index (χ2n) is 10.3. The fraction of sp³-hybridized carbons (Fsp3) is 0.556. The Balaban J connectivity index is 1.37. The molecule has 1 unspecified atom stereocenters. The molecule has 1 saturated carbocycles. The van der Waals surface area contributed by atoms with Crippen LogP contribution in [0.5, 0.6) is 0 Å². The fourth-order valence-electron chi connectivity index (χ4n) is 5.54. The third-order valence-electron chi connectivity index (χ3n) is 7.36. The van der Waals surface area contributed by atoms with E-state index in [1.807, 2.05) is 6.07 Å². The molecule has 2 aromatic carbocycles. The Morgan fingerprint density at radius 3 is 2.24 bits per heavy atom. The first-order valence-electron chi connectivity index (χ1n) is 12.2. The van der Waals surface area contributed by atoms with Crippen molar-refractivity contribution in [1.82, 2.24) is 9.62 Å². The summed E-state index contributed by atoms with van der Waals surface area (Å²) >= 11 is 0. The molecule has 2 aromatic rings. The van der Waals surface area contributed by atoms with Crippen molar-refractivity contribution < 1.29 is 13.2 Å². The van der Waals surface area contributed by atoms with Gasteiger partial charge in [0, 0.05) is 31.1 Å². The van der Waals surface area contributed by atoms with Crippen LogP contribution in [0.1, 0.15) is 56.1 Å². The van der Waals surface area contributed by atoms with Gasteiger partial charge in [0.1, 0.15) is 0 Å². The van der Waals surface area contributed by atoms with Gasteiger partial charge in [0.05, 0.1) is 19.0 Å². The van der Waals surface area contributed by atoms with E-state index in [-0.39, 0.29) is 17.6 Å². The van der Waals surface area contributed by atoms with Crippen LogP contribution in [-0.4, -0.2) is 51.4 Å². The smallest absolute Gasteiger partial charge is 0.208 e. The first-order chi connectivity index (χ1) is 15.8. The minimum Gasteiger partial charge on any atom is -0.378 e. The summed E-state index contributed by atoms with van der Waals surface area (Å²) in [5.74, 6) is 0.623. The number of rotatable bonds is 8. The van der Waals surface area contributed by atoms with Gasteiger partial charge < -0.3 is 4.74 Å². The van der Waals surface area contributed by atoms with Crippen LogP contribution in [0.2, 0.25) is 0 Å². The first kappa shape index (κ1) is 24.4. The van der Waals surface area contributed by atoms with Gasteiger partial charge in [-0.25, -0.2) is 13.1 Å². The normalized spacial score (nSPS) is 29.1. The van der Waals surface area contributed by atoms with E-state index in [1.165, 1.54) is 17.4 Å². The summed E-state index contributed by atoms with van der Waals surface area (Å²) in [5.41, 5.74) is 2.45. The van der Waals surface area contributed by atoms with Crippen LogP contribution in [0.3, 0.4) is 0 Å². The maximum Gasteiger partial charge on any atom is 0.208 e. The molecule has 5 nitrogen and oxygen atoms in total. The Hall–Kier alpha value is -1.73. The summed E-state index contributed by atoms with van der Waals surface area (Å²) in [6.07, 6.45) is 6.73. The van der Waals surface area contributed by atoms with Crippen LogP contribution < -0.4 is 4.72 Å². The van der Waals surface area contributed by atoms with Crippen molar-refractivity contribution in [3.63, 3.8) is 0 Å². The molecule has 1 saturated heterocycles. The molecule has 0 radical (unpaired) electrons. The van der Waals surface area contributed by atoms with Gasteiger partial charge in [-0.1, -0.05) is 67.6 Å². The molecule has 0 bridgehead atoms. The van der Waals surface area contributed by atoms with E-state index in [9.17, 15) is 8.42 Å². The lowest BCUT2D eigenvalue weighted by molar-refractivity contribution is -0.0584. The lowest BCUT2D eigenvalue weighted by Gasteiger charge is -2.47. The monoisotopic (exact) mass is 470 g/mol. The van der Waals surface area contributed by atoms with Gasteiger partial charge in [0.25, 0.3) is 0 Å². The number of likely N-dealkylation sites (tertiary alicyclic amines) is 1. The van der Waals surface area contributed by atoms with Crippen LogP contribution in [0.4, 0.5) is 0 Å². The molecular formula is C27H38N2O3S. The molecule has 2 atom stereocenters. The summed E-state index contributed by atoms with van der Waals surface area (Å²) in [6, 6.07) is 21.2. The quantitative estimate of drug-likeness (QED) is 0.615. The third-order valence-corrected chi connectivity index (χ3v) is 8.07. The molecule has 4 rings (SSSR count). The number of nitrogens with one attached hydrogen (secondary N) is 1. The number of hydrogen-bond donors (Lipinski definition) is 1. The molecule has 0 amide bonds. The van der Waals surface area contributed by atoms with E-state index in [4.69, 9.17) is 4.74 Å². The van der Waals surface area contributed by atoms with Crippen LogP contribution in [0, 0.1) is 5.41 Å². The van der Waals surface area contributed by atoms with Crippen LogP contribution in [0.15, 0.2) is 60.7 Å². The number of ether oxygens (including phenoxy) is 1. The molecule has 6 heteroatoms. The van der Waals surface area contributed by atoms with Gasteiger partial charge in [0.2, 0.25) is 10.0 Å². The average molecular weight is 471 g/mol. The van der Waals surface area contributed by atoms with Crippen molar-refractivity contribution in [3.8, 4) is 0 Å². The highest BCUT2D eigenvalue weighted by molar-refractivity contribution is 7.88. The lowest BCUT2D eigenvalue weighted by atomic mass is 9.78. The maximum absolute atomic E-state index is 12.1. The molecule has 0 aromatic heterocycles. The Kier molecular flexibility index (Phi) is 7.90. The van der Waals surface area contributed by atoms with E-state index in [1.54, 1.807) is 0 Å². The number of sulfonamides is 1. The van der Waals surface area contributed by atoms with Crippen molar-refractivity contribution in [2.45, 2.75) is 63.6 Å². The van der Waals surface area contributed by atoms with E-state index in [0.717, 1.165) is 51.7 Å². The van der Waals surface area contributed by atoms with Crippen molar-refractivity contribution >= 4 is 10.0 Å². The van der Waals surface area contributed by atoms with Crippen molar-refractivity contribution in [2.24, 2.45) is 5.41 Å². The Bertz CT molecular complexity index is 975. The summed E-state index contributed by atoms with van der Waals surface area (Å²) in [5, 5.41) is 0. The molecular weight excluding hydrogens is 432 g/mol. The number of benzene rings is 2. The predicted molar refractivity (Wildman–Crippen MR) is 134 cm³/mol. The van der Waals surface area contributed by atoms with E-state index in [0.29, 0.717) is 12.5 Å². The fourth-order valence-corrected chi connectivity index (χ4v) is 6.46. The van der Waals surface area contributed by atoms with Crippen LogP contribution >= 0.6 is 0 Å². The Morgan fingerprint density at radius 1 is 0.970 bits per heavy atom. The molecule has 0 spiro atoms. The molecule has 2 fully saturated rings. The second-order valence-corrected chi connectivity index (χ2v) is 12.1. The zero-order chi connectivity index (χ0) is 23.3. The lowest BCUT2D eigenvalue weighted by Crippen LogP contribution is -2.58. The van der Waals surface area contributed by atoms with Crippen molar-refractivity contribution in [3.05, 3.63) is 71.8 Å².